The van der Waals surface area contributed by atoms with Gasteiger partial charge in [0.05, 0.1) is 5.56 Å². The smallest absolute Gasteiger partial charge is 0.257 e. The molecule has 104 valence electrons. The normalized spacial score (nSPS) is 15.0. The molecule has 4 N–H and O–H groups in total. The quantitative estimate of drug-likeness (QED) is 0.751. The van der Waals surface area contributed by atoms with Crippen molar-refractivity contribution in [2.24, 2.45) is 5.73 Å². The summed E-state index contributed by atoms with van der Waals surface area (Å²) in [4.78, 5) is 14.3. The summed E-state index contributed by atoms with van der Waals surface area (Å²) in [6, 6.07) is 4.32. The van der Waals surface area contributed by atoms with E-state index < -0.39 is 0 Å². The van der Waals surface area contributed by atoms with Crippen LogP contribution in [0.3, 0.4) is 0 Å². The van der Waals surface area contributed by atoms with Gasteiger partial charge in [0.25, 0.3) is 5.91 Å². The van der Waals surface area contributed by atoms with Crippen LogP contribution in [-0.4, -0.2) is 40.2 Å². The lowest BCUT2D eigenvalue weighted by molar-refractivity contribution is 0.0575. The maximum absolute atomic E-state index is 12.5. The van der Waals surface area contributed by atoms with E-state index in [4.69, 9.17) is 5.73 Å². The van der Waals surface area contributed by atoms with E-state index in [0.717, 1.165) is 25.7 Å². The van der Waals surface area contributed by atoms with E-state index in [0.29, 0.717) is 13.1 Å². The second-order valence-electron chi connectivity index (χ2n) is 4.93. The SMILES string of the molecule is NCCCN(C(=O)c1ccc(O)cc1O)C1CCC1. The number of carbonyl (C=O) groups excluding carboxylic acids is 1. The molecule has 1 fully saturated rings. The highest BCUT2D eigenvalue weighted by Crippen LogP contribution is 2.29. The molecule has 0 bridgehead atoms. The first kappa shape index (κ1) is 13.7. The summed E-state index contributed by atoms with van der Waals surface area (Å²) in [5.41, 5.74) is 5.74. The zero-order valence-corrected chi connectivity index (χ0v) is 10.9. The molecule has 0 unspecified atom stereocenters. The first-order valence-electron chi connectivity index (χ1n) is 6.66. The average molecular weight is 264 g/mol. The van der Waals surface area contributed by atoms with Crippen LogP contribution in [0.5, 0.6) is 11.5 Å². The summed E-state index contributed by atoms with van der Waals surface area (Å²) < 4.78 is 0. The van der Waals surface area contributed by atoms with Gasteiger partial charge < -0.3 is 20.8 Å². The van der Waals surface area contributed by atoms with E-state index in [-0.39, 0.29) is 29.0 Å². The topological polar surface area (TPSA) is 86.8 Å². The fourth-order valence-electron chi connectivity index (χ4n) is 2.27. The fraction of sp³-hybridized carbons (Fsp3) is 0.500. The van der Waals surface area contributed by atoms with Crippen LogP contribution in [0, 0.1) is 0 Å². The molecule has 19 heavy (non-hydrogen) atoms. The molecule has 0 spiro atoms. The minimum absolute atomic E-state index is 0.0498. The summed E-state index contributed by atoms with van der Waals surface area (Å²) in [5, 5.41) is 19.0. The number of phenols is 2. The number of aromatic hydroxyl groups is 2. The highest BCUT2D eigenvalue weighted by Gasteiger charge is 2.30. The van der Waals surface area contributed by atoms with Crippen molar-refractivity contribution in [1.82, 2.24) is 4.90 Å². The zero-order chi connectivity index (χ0) is 13.8. The molecule has 1 aromatic rings. The Labute approximate surface area is 112 Å². The van der Waals surface area contributed by atoms with Crippen LogP contribution in [-0.2, 0) is 0 Å². The number of nitrogens with zero attached hydrogens (tertiary/aromatic N) is 1. The van der Waals surface area contributed by atoms with Gasteiger partial charge in [0.15, 0.2) is 0 Å². The predicted octanol–water partition coefficient (Wildman–Crippen LogP) is 1.44. The molecule has 2 rings (SSSR count). The molecule has 0 radical (unpaired) electrons. The molecule has 1 aliphatic rings. The van der Waals surface area contributed by atoms with Gasteiger partial charge in [0.1, 0.15) is 11.5 Å². The number of hydrogen-bond donors (Lipinski definition) is 3. The first-order chi connectivity index (χ1) is 9.13. The van der Waals surface area contributed by atoms with Gasteiger partial charge in [-0.25, -0.2) is 0 Å². The van der Waals surface area contributed by atoms with Crippen LogP contribution in [0.15, 0.2) is 18.2 Å². The first-order valence-corrected chi connectivity index (χ1v) is 6.66. The monoisotopic (exact) mass is 264 g/mol. The van der Waals surface area contributed by atoms with Crippen molar-refractivity contribution in [2.75, 3.05) is 13.1 Å². The molecule has 0 saturated heterocycles. The third-order valence-electron chi connectivity index (χ3n) is 3.59. The van der Waals surface area contributed by atoms with Crippen molar-refractivity contribution in [3.63, 3.8) is 0 Å². The summed E-state index contributed by atoms with van der Waals surface area (Å²) >= 11 is 0. The molecule has 1 saturated carbocycles. The molecule has 5 nitrogen and oxygen atoms in total. The molecule has 1 aliphatic carbocycles. The second kappa shape index (κ2) is 5.93. The Morgan fingerprint density at radius 1 is 1.37 bits per heavy atom. The van der Waals surface area contributed by atoms with E-state index in [1.165, 1.54) is 18.2 Å². The third kappa shape index (κ3) is 2.98. The molecule has 5 heteroatoms. The second-order valence-corrected chi connectivity index (χ2v) is 4.93. The van der Waals surface area contributed by atoms with Gasteiger partial charge in [-0.2, -0.15) is 0 Å². The number of nitrogens with two attached hydrogens (primary N) is 1. The Bertz CT molecular complexity index is 458. The van der Waals surface area contributed by atoms with Crippen LogP contribution in [0.2, 0.25) is 0 Å². The zero-order valence-electron chi connectivity index (χ0n) is 10.9. The van der Waals surface area contributed by atoms with Crippen LogP contribution in [0.1, 0.15) is 36.0 Å². The molecule has 0 aliphatic heterocycles. The van der Waals surface area contributed by atoms with Crippen molar-refractivity contribution in [1.29, 1.82) is 0 Å². The lowest BCUT2D eigenvalue weighted by atomic mass is 9.90. The van der Waals surface area contributed by atoms with Crippen molar-refractivity contribution < 1.29 is 15.0 Å². The number of hydrogen-bond acceptors (Lipinski definition) is 4. The summed E-state index contributed by atoms with van der Waals surface area (Å²) in [7, 11) is 0. The summed E-state index contributed by atoms with van der Waals surface area (Å²) in [6.45, 7) is 1.15. The van der Waals surface area contributed by atoms with Gasteiger partial charge in [0, 0.05) is 18.7 Å². The van der Waals surface area contributed by atoms with Gasteiger partial charge in [-0.05, 0) is 44.4 Å². The molecule has 1 amide bonds. The predicted molar refractivity (Wildman–Crippen MR) is 72.1 cm³/mol. The largest absolute Gasteiger partial charge is 0.508 e. The maximum Gasteiger partial charge on any atom is 0.257 e. The van der Waals surface area contributed by atoms with Gasteiger partial charge in [-0.3, -0.25) is 4.79 Å². The highest BCUT2D eigenvalue weighted by molar-refractivity contribution is 5.97. The number of amides is 1. The van der Waals surface area contributed by atoms with E-state index in [1.54, 1.807) is 4.90 Å². The fourth-order valence-corrected chi connectivity index (χ4v) is 2.27. The number of carbonyl (C=O) groups is 1. The Morgan fingerprint density at radius 3 is 2.63 bits per heavy atom. The Morgan fingerprint density at radius 2 is 2.11 bits per heavy atom. The highest BCUT2D eigenvalue weighted by atomic mass is 16.3. The molecular formula is C14H20N2O3. The van der Waals surface area contributed by atoms with E-state index >= 15 is 0 Å². The van der Waals surface area contributed by atoms with E-state index in [2.05, 4.69) is 0 Å². The van der Waals surface area contributed by atoms with Crippen LogP contribution >= 0.6 is 0 Å². The minimum Gasteiger partial charge on any atom is -0.508 e. The summed E-state index contributed by atoms with van der Waals surface area (Å²) in [6.07, 6.45) is 3.91. The van der Waals surface area contributed by atoms with Crippen molar-refractivity contribution in [3.8, 4) is 11.5 Å². The molecule has 0 heterocycles. The van der Waals surface area contributed by atoms with Gasteiger partial charge in [0.2, 0.25) is 0 Å². The van der Waals surface area contributed by atoms with Crippen LogP contribution in [0.25, 0.3) is 0 Å². The molecule has 0 aromatic heterocycles. The van der Waals surface area contributed by atoms with Gasteiger partial charge >= 0.3 is 0 Å². The van der Waals surface area contributed by atoms with Crippen LogP contribution in [0.4, 0.5) is 0 Å². The Hall–Kier alpha value is -1.75. The lowest BCUT2D eigenvalue weighted by Gasteiger charge is -2.37. The van der Waals surface area contributed by atoms with Gasteiger partial charge in [-0.15, -0.1) is 0 Å². The number of rotatable bonds is 5. The van der Waals surface area contributed by atoms with Crippen molar-refractivity contribution >= 4 is 5.91 Å². The van der Waals surface area contributed by atoms with E-state index in [9.17, 15) is 15.0 Å². The minimum atomic E-state index is -0.185. The molecule has 0 atom stereocenters. The number of benzene rings is 1. The maximum atomic E-state index is 12.5. The standard InChI is InChI=1S/C14H20N2O3/c15-7-2-8-16(10-3-1-4-10)14(19)12-6-5-11(17)9-13(12)18/h5-6,9-10,17-18H,1-4,7-8,15H2. The lowest BCUT2D eigenvalue weighted by Crippen LogP contribution is -2.45. The van der Waals surface area contributed by atoms with Crippen LogP contribution < -0.4 is 5.73 Å². The van der Waals surface area contributed by atoms with Gasteiger partial charge in [-0.1, -0.05) is 0 Å². The van der Waals surface area contributed by atoms with Crippen molar-refractivity contribution in [2.45, 2.75) is 31.7 Å². The Kier molecular flexibility index (Phi) is 4.27. The number of phenolic OH excluding ortho intramolecular Hbond substituents is 2. The Balaban J connectivity index is 2.17. The summed E-state index contributed by atoms with van der Waals surface area (Å²) in [5.74, 6) is -0.413. The van der Waals surface area contributed by atoms with Crippen molar-refractivity contribution in [3.05, 3.63) is 23.8 Å². The molecule has 1 aromatic carbocycles. The average Bonchev–Trinajstić information content (AvgIpc) is 2.31. The van der Waals surface area contributed by atoms with E-state index in [1.807, 2.05) is 0 Å². The third-order valence-corrected chi connectivity index (χ3v) is 3.59. The molecular weight excluding hydrogens is 244 g/mol.